The summed E-state index contributed by atoms with van der Waals surface area (Å²) in [5.74, 6) is 1.47. The second-order valence-corrected chi connectivity index (χ2v) is 4.77. The van der Waals surface area contributed by atoms with Gasteiger partial charge in [-0.15, -0.1) is 11.6 Å². The van der Waals surface area contributed by atoms with Gasteiger partial charge in [-0.05, 0) is 24.1 Å². The fourth-order valence-corrected chi connectivity index (χ4v) is 2.04. The molecular weight excluding hydrogens is 244 g/mol. The minimum atomic E-state index is 0.509. The van der Waals surface area contributed by atoms with Crippen LogP contribution in [0, 0.1) is 6.92 Å². The molecule has 0 spiro atoms. The lowest BCUT2D eigenvalue weighted by Crippen LogP contribution is -2.17. The summed E-state index contributed by atoms with van der Waals surface area (Å²) in [4.78, 5) is 6.54. The maximum Gasteiger partial charge on any atom is 0.128 e. The van der Waals surface area contributed by atoms with Crippen molar-refractivity contribution in [2.24, 2.45) is 0 Å². The normalized spacial score (nSPS) is 10.4. The number of hydrogen-bond donors (Lipinski definition) is 0. The smallest absolute Gasteiger partial charge is 0.128 e. The first kappa shape index (κ1) is 12.9. The Balaban J connectivity index is 2.09. The van der Waals surface area contributed by atoms with Gasteiger partial charge in [0.25, 0.3) is 0 Å². The SMILES string of the molecule is Cc1cccc(CN(C)c2ccc(CCl)cn2)c1. The molecule has 2 aromatic rings. The van der Waals surface area contributed by atoms with E-state index in [4.69, 9.17) is 11.6 Å². The van der Waals surface area contributed by atoms with E-state index in [0.717, 1.165) is 17.9 Å². The highest BCUT2D eigenvalue weighted by atomic mass is 35.5. The molecule has 0 unspecified atom stereocenters. The molecule has 1 aromatic heterocycles. The number of alkyl halides is 1. The van der Waals surface area contributed by atoms with Crippen LogP contribution in [0.1, 0.15) is 16.7 Å². The number of hydrogen-bond acceptors (Lipinski definition) is 2. The Morgan fingerprint density at radius 3 is 2.61 bits per heavy atom. The zero-order valence-electron chi connectivity index (χ0n) is 10.7. The van der Waals surface area contributed by atoms with Gasteiger partial charge in [0, 0.05) is 25.7 Å². The molecule has 0 N–H and O–H groups in total. The largest absolute Gasteiger partial charge is 0.355 e. The average Bonchev–Trinajstić information content (AvgIpc) is 2.39. The summed E-state index contributed by atoms with van der Waals surface area (Å²) in [5, 5.41) is 0. The van der Waals surface area contributed by atoms with Crippen molar-refractivity contribution < 1.29 is 0 Å². The van der Waals surface area contributed by atoms with Crippen LogP contribution in [0.15, 0.2) is 42.6 Å². The molecule has 0 aliphatic heterocycles. The first-order chi connectivity index (χ1) is 8.69. The predicted molar refractivity (Wildman–Crippen MR) is 77.1 cm³/mol. The third-order valence-electron chi connectivity index (χ3n) is 2.86. The zero-order valence-corrected chi connectivity index (χ0v) is 11.5. The Morgan fingerprint density at radius 2 is 2.00 bits per heavy atom. The highest BCUT2D eigenvalue weighted by Gasteiger charge is 2.03. The lowest BCUT2D eigenvalue weighted by atomic mass is 10.1. The van der Waals surface area contributed by atoms with Crippen molar-refractivity contribution in [2.45, 2.75) is 19.3 Å². The molecule has 0 fully saturated rings. The Kier molecular flexibility index (Phi) is 4.21. The first-order valence-electron chi connectivity index (χ1n) is 5.96. The molecule has 94 valence electrons. The third-order valence-corrected chi connectivity index (χ3v) is 3.17. The molecule has 2 rings (SSSR count). The lowest BCUT2D eigenvalue weighted by molar-refractivity contribution is 0.895. The highest BCUT2D eigenvalue weighted by Crippen LogP contribution is 2.14. The van der Waals surface area contributed by atoms with E-state index in [1.54, 1.807) is 0 Å². The molecule has 0 radical (unpaired) electrons. The van der Waals surface area contributed by atoms with Crippen LogP contribution in [0.3, 0.4) is 0 Å². The van der Waals surface area contributed by atoms with E-state index >= 15 is 0 Å². The van der Waals surface area contributed by atoms with E-state index in [-0.39, 0.29) is 0 Å². The van der Waals surface area contributed by atoms with Crippen molar-refractivity contribution in [3.05, 3.63) is 59.3 Å². The third kappa shape index (κ3) is 3.23. The predicted octanol–water partition coefficient (Wildman–Crippen LogP) is 3.77. The fraction of sp³-hybridized carbons (Fsp3) is 0.267. The van der Waals surface area contributed by atoms with Gasteiger partial charge in [-0.3, -0.25) is 0 Å². The van der Waals surface area contributed by atoms with Gasteiger partial charge in [0.15, 0.2) is 0 Å². The zero-order chi connectivity index (χ0) is 13.0. The van der Waals surface area contributed by atoms with Crippen LogP contribution in [0.5, 0.6) is 0 Å². The minimum Gasteiger partial charge on any atom is -0.355 e. The van der Waals surface area contributed by atoms with E-state index in [1.807, 2.05) is 25.4 Å². The minimum absolute atomic E-state index is 0.509. The topological polar surface area (TPSA) is 16.1 Å². The van der Waals surface area contributed by atoms with Crippen LogP contribution in [-0.4, -0.2) is 12.0 Å². The Morgan fingerprint density at radius 1 is 1.17 bits per heavy atom. The van der Waals surface area contributed by atoms with Crippen LogP contribution in [0.4, 0.5) is 5.82 Å². The molecule has 0 saturated carbocycles. The summed E-state index contributed by atoms with van der Waals surface area (Å²) < 4.78 is 0. The van der Waals surface area contributed by atoms with E-state index in [9.17, 15) is 0 Å². The summed E-state index contributed by atoms with van der Waals surface area (Å²) in [6.07, 6.45) is 1.83. The van der Waals surface area contributed by atoms with E-state index < -0.39 is 0 Å². The van der Waals surface area contributed by atoms with Crippen molar-refractivity contribution in [2.75, 3.05) is 11.9 Å². The number of rotatable bonds is 4. The van der Waals surface area contributed by atoms with Gasteiger partial charge < -0.3 is 4.90 Å². The molecule has 0 atom stereocenters. The van der Waals surface area contributed by atoms with Crippen molar-refractivity contribution in [1.29, 1.82) is 0 Å². The first-order valence-corrected chi connectivity index (χ1v) is 6.50. The number of aryl methyl sites for hydroxylation is 1. The van der Waals surface area contributed by atoms with Crippen molar-refractivity contribution in [1.82, 2.24) is 4.98 Å². The van der Waals surface area contributed by atoms with E-state index in [2.05, 4.69) is 41.1 Å². The number of halogens is 1. The van der Waals surface area contributed by atoms with Gasteiger partial charge in [0.05, 0.1) is 0 Å². The number of anilines is 1. The van der Waals surface area contributed by atoms with Crippen molar-refractivity contribution in [3.8, 4) is 0 Å². The summed E-state index contributed by atoms with van der Waals surface area (Å²) in [7, 11) is 2.05. The van der Waals surface area contributed by atoms with E-state index in [1.165, 1.54) is 11.1 Å². The van der Waals surface area contributed by atoms with Gasteiger partial charge in [-0.2, -0.15) is 0 Å². The fourth-order valence-electron chi connectivity index (χ4n) is 1.89. The molecule has 0 amide bonds. The van der Waals surface area contributed by atoms with Crippen LogP contribution >= 0.6 is 11.6 Å². The molecule has 0 aliphatic rings. The standard InChI is InChI=1S/C15H17ClN2/c1-12-4-3-5-13(8-12)11-18(2)15-7-6-14(9-16)10-17-15/h3-8,10H,9,11H2,1-2H3. The molecule has 1 aromatic carbocycles. The molecule has 0 saturated heterocycles. The molecule has 0 aliphatic carbocycles. The van der Waals surface area contributed by atoms with Gasteiger partial charge in [-0.25, -0.2) is 4.98 Å². The van der Waals surface area contributed by atoms with Crippen LogP contribution in [0.25, 0.3) is 0 Å². The summed E-state index contributed by atoms with van der Waals surface area (Å²) in [6.45, 7) is 2.96. The Bertz CT molecular complexity index is 508. The maximum absolute atomic E-state index is 5.75. The molecule has 0 bridgehead atoms. The van der Waals surface area contributed by atoms with Gasteiger partial charge in [-0.1, -0.05) is 35.9 Å². The molecule has 1 heterocycles. The van der Waals surface area contributed by atoms with Crippen molar-refractivity contribution >= 4 is 17.4 Å². The van der Waals surface area contributed by atoms with Gasteiger partial charge in [0.2, 0.25) is 0 Å². The number of benzene rings is 1. The monoisotopic (exact) mass is 260 g/mol. The molecule has 2 nitrogen and oxygen atoms in total. The Hall–Kier alpha value is -1.54. The molecular formula is C15H17ClN2. The lowest BCUT2D eigenvalue weighted by Gasteiger charge is -2.18. The van der Waals surface area contributed by atoms with Crippen LogP contribution < -0.4 is 4.90 Å². The highest BCUT2D eigenvalue weighted by molar-refractivity contribution is 6.17. The number of nitrogens with zero attached hydrogens (tertiary/aromatic N) is 2. The molecule has 18 heavy (non-hydrogen) atoms. The average molecular weight is 261 g/mol. The quantitative estimate of drug-likeness (QED) is 0.778. The van der Waals surface area contributed by atoms with Gasteiger partial charge >= 0.3 is 0 Å². The van der Waals surface area contributed by atoms with Gasteiger partial charge in [0.1, 0.15) is 5.82 Å². The Labute approximate surface area is 113 Å². The summed E-state index contributed by atoms with van der Waals surface area (Å²) >= 11 is 5.75. The van der Waals surface area contributed by atoms with Crippen molar-refractivity contribution in [3.63, 3.8) is 0 Å². The number of aromatic nitrogens is 1. The number of pyridine rings is 1. The van der Waals surface area contributed by atoms with Crippen LogP contribution in [0.2, 0.25) is 0 Å². The second kappa shape index (κ2) is 5.87. The maximum atomic E-state index is 5.75. The molecule has 3 heteroatoms. The van der Waals surface area contributed by atoms with Crippen LogP contribution in [-0.2, 0) is 12.4 Å². The summed E-state index contributed by atoms with van der Waals surface area (Å²) in [5.41, 5.74) is 3.62. The second-order valence-electron chi connectivity index (χ2n) is 4.50. The van der Waals surface area contributed by atoms with E-state index in [0.29, 0.717) is 5.88 Å². The summed E-state index contributed by atoms with van der Waals surface area (Å²) in [6, 6.07) is 12.6.